The average molecular weight is 276 g/mol. The molecule has 0 bridgehead atoms. The van der Waals surface area contributed by atoms with E-state index in [-0.39, 0.29) is 5.63 Å². The summed E-state index contributed by atoms with van der Waals surface area (Å²) in [5.41, 5.74) is 2.10. The second-order valence-electron chi connectivity index (χ2n) is 4.80. The maximum Gasteiger partial charge on any atom is 0.344 e. The van der Waals surface area contributed by atoms with Crippen molar-refractivity contribution in [3.63, 3.8) is 0 Å². The number of carbonyl (C=O) groups is 1. The summed E-state index contributed by atoms with van der Waals surface area (Å²) in [5, 5.41) is 9.70. The molecule has 1 unspecified atom stereocenters. The number of aliphatic carboxylic acids is 1. The highest BCUT2D eigenvalue weighted by Crippen LogP contribution is 2.29. The molecule has 1 N–H and O–H groups in total. The molecule has 1 aromatic carbocycles. The van der Waals surface area contributed by atoms with E-state index < -0.39 is 12.1 Å². The first-order valence-electron chi connectivity index (χ1n) is 6.26. The van der Waals surface area contributed by atoms with E-state index in [1.165, 1.54) is 6.92 Å². The Bertz CT molecular complexity index is 742. The van der Waals surface area contributed by atoms with Gasteiger partial charge in [-0.1, -0.05) is 0 Å². The largest absolute Gasteiger partial charge is 0.479 e. The van der Waals surface area contributed by atoms with Gasteiger partial charge in [0.25, 0.3) is 0 Å². The van der Waals surface area contributed by atoms with Crippen LogP contribution in [-0.4, -0.2) is 17.2 Å². The third kappa shape index (κ3) is 2.27. The fraction of sp³-hybridized carbons (Fsp3) is 0.333. The lowest BCUT2D eigenvalue weighted by molar-refractivity contribution is -0.144. The van der Waals surface area contributed by atoms with Crippen LogP contribution in [0.1, 0.15) is 23.6 Å². The first-order chi connectivity index (χ1) is 9.32. The third-order valence-electron chi connectivity index (χ3n) is 3.48. The molecule has 1 atom stereocenters. The quantitative estimate of drug-likeness (QED) is 0.872. The molecule has 0 fully saturated rings. The molecular formula is C15H16O5. The van der Waals surface area contributed by atoms with E-state index in [1.807, 2.05) is 6.92 Å². The van der Waals surface area contributed by atoms with Crippen molar-refractivity contribution in [2.45, 2.75) is 33.8 Å². The fourth-order valence-corrected chi connectivity index (χ4v) is 1.99. The minimum absolute atomic E-state index is 0.387. The molecular weight excluding hydrogens is 260 g/mol. The van der Waals surface area contributed by atoms with Gasteiger partial charge in [0.2, 0.25) is 0 Å². The molecule has 0 aliphatic heterocycles. The molecule has 0 saturated heterocycles. The molecule has 1 aromatic heterocycles. The maximum absolute atomic E-state index is 11.7. The zero-order valence-electron chi connectivity index (χ0n) is 11.8. The van der Waals surface area contributed by atoms with Gasteiger partial charge in [0, 0.05) is 16.5 Å². The number of carboxylic acid groups (broad SMARTS) is 1. The molecule has 106 valence electrons. The van der Waals surface area contributed by atoms with Crippen LogP contribution in [0, 0.1) is 20.8 Å². The van der Waals surface area contributed by atoms with Crippen LogP contribution in [0.4, 0.5) is 0 Å². The number of hydrogen-bond acceptors (Lipinski definition) is 4. The van der Waals surface area contributed by atoms with Crippen molar-refractivity contribution in [1.82, 2.24) is 0 Å². The van der Waals surface area contributed by atoms with Gasteiger partial charge in [-0.05, 0) is 45.4 Å². The molecule has 5 nitrogen and oxygen atoms in total. The van der Waals surface area contributed by atoms with E-state index in [0.717, 1.165) is 10.9 Å². The van der Waals surface area contributed by atoms with Gasteiger partial charge in [-0.3, -0.25) is 0 Å². The van der Waals surface area contributed by atoms with Gasteiger partial charge in [0.1, 0.15) is 11.3 Å². The Morgan fingerprint density at radius 3 is 2.45 bits per heavy atom. The van der Waals surface area contributed by atoms with E-state index >= 15 is 0 Å². The van der Waals surface area contributed by atoms with E-state index in [4.69, 9.17) is 14.3 Å². The predicted octanol–water partition coefficient (Wildman–Crippen LogP) is 2.57. The van der Waals surface area contributed by atoms with Gasteiger partial charge in [0.15, 0.2) is 6.10 Å². The van der Waals surface area contributed by atoms with Crippen LogP contribution in [0.3, 0.4) is 0 Å². The van der Waals surface area contributed by atoms with Gasteiger partial charge in [0.05, 0.1) is 0 Å². The number of hydrogen-bond donors (Lipinski definition) is 1. The Morgan fingerprint density at radius 2 is 1.85 bits per heavy atom. The lowest BCUT2D eigenvalue weighted by atomic mass is 10.0. The summed E-state index contributed by atoms with van der Waals surface area (Å²) in [6, 6.07) is 3.47. The van der Waals surface area contributed by atoms with Crippen LogP contribution in [0.5, 0.6) is 5.75 Å². The van der Waals surface area contributed by atoms with Crippen LogP contribution in [-0.2, 0) is 4.79 Å². The lowest BCUT2D eigenvalue weighted by Gasteiger charge is -2.14. The number of aryl methyl sites for hydroxylation is 2. The lowest BCUT2D eigenvalue weighted by Crippen LogP contribution is -2.23. The van der Waals surface area contributed by atoms with Crippen molar-refractivity contribution in [2.24, 2.45) is 0 Å². The molecule has 0 amide bonds. The van der Waals surface area contributed by atoms with Crippen LogP contribution in [0.15, 0.2) is 21.3 Å². The van der Waals surface area contributed by atoms with Crippen molar-refractivity contribution in [1.29, 1.82) is 0 Å². The molecule has 1 heterocycles. The van der Waals surface area contributed by atoms with Crippen molar-refractivity contribution < 1.29 is 19.1 Å². The smallest absolute Gasteiger partial charge is 0.344 e. The Balaban J connectivity index is 2.63. The highest BCUT2D eigenvalue weighted by molar-refractivity contribution is 5.85. The summed E-state index contributed by atoms with van der Waals surface area (Å²) in [5.74, 6) is -0.648. The monoisotopic (exact) mass is 276 g/mol. The van der Waals surface area contributed by atoms with Gasteiger partial charge >= 0.3 is 11.6 Å². The van der Waals surface area contributed by atoms with Crippen LogP contribution < -0.4 is 10.4 Å². The van der Waals surface area contributed by atoms with Crippen molar-refractivity contribution in [2.75, 3.05) is 0 Å². The number of benzene rings is 1. The number of ether oxygens (including phenoxy) is 1. The third-order valence-corrected chi connectivity index (χ3v) is 3.48. The molecule has 2 rings (SSSR count). The number of rotatable bonds is 3. The molecule has 5 heteroatoms. The second kappa shape index (κ2) is 5.00. The Kier molecular flexibility index (Phi) is 3.53. The summed E-state index contributed by atoms with van der Waals surface area (Å²) in [6.45, 7) is 6.76. The summed E-state index contributed by atoms with van der Waals surface area (Å²) in [4.78, 5) is 22.6. The molecule has 0 saturated carbocycles. The maximum atomic E-state index is 11.7. The predicted molar refractivity (Wildman–Crippen MR) is 74.4 cm³/mol. The molecule has 0 aliphatic carbocycles. The minimum Gasteiger partial charge on any atom is -0.479 e. The molecule has 2 aromatic rings. The summed E-state index contributed by atoms with van der Waals surface area (Å²) < 4.78 is 10.7. The van der Waals surface area contributed by atoms with Crippen LogP contribution in [0.25, 0.3) is 11.0 Å². The highest BCUT2D eigenvalue weighted by atomic mass is 16.5. The van der Waals surface area contributed by atoms with E-state index in [0.29, 0.717) is 22.5 Å². The highest BCUT2D eigenvalue weighted by Gasteiger charge is 2.17. The first-order valence-corrected chi connectivity index (χ1v) is 6.26. The summed E-state index contributed by atoms with van der Waals surface area (Å²) in [6.07, 6.45) is -0.968. The molecule has 0 radical (unpaired) electrons. The Morgan fingerprint density at radius 1 is 1.20 bits per heavy atom. The minimum atomic E-state index is -1.05. The van der Waals surface area contributed by atoms with Gasteiger partial charge in [-0.2, -0.15) is 0 Å². The Hall–Kier alpha value is -2.30. The second-order valence-corrected chi connectivity index (χ2v) is 4.80. The van der Waals surface area contributed by atoms with Crippen LogP contribution in [0.2, 0.25) is 0 Å². The number of carboxylic acids is 1. The zero-order chi connectivity index (χ0) is 15.0. The van der Waals surface area contributed by atoms with Crippen molar-refractivity contribution in [3.05, 3.63) is 39.2 Å². The molecule has 0 aliphatic rings. The van der Waals surface area contributed by atoms with E-state index in [1.54, 1.807) is 26.0 Å². The van der Waals surface area contributed by atoms with Crippen molar-refractivity contribution in [3.8, 4) is 5.75 Å². The van der Waals surface area contributed by atoms with Crippen molar-refractivity contribution >= 4 is 16.9 Å². The van der Waals surface area contributed by atoms with E-state index in [9.17, 15) is 9.59 Å². The summed E-state index contributed by atoms with van der Waals surface area (Å²) in [7, 11) is 0. The fourth-order valence-electron chi connectivity index (χ4n) is 1.99. The first kappa shape index (κ1) is 14.1. The van der Waals surface area contributed by atoms with Gasteiger partial charge < -0.3 is 14.3 Å². The topological polar surface area (TPSA) is 76.7 Å². The molecule has 20 heavy (non-hydrogen) atoms. The van der Waals surface area contributed by atoms with Crippen LogP contribution >= 0.6 is 0 Å². The van der Waals surface area contributed by atoms with Gasteiger partial charge in [-0.25, -0.2) is 9.59 Å². The normalized spacial score (nSPS) is 12.4. The average Bonchev–Trinajstić information content (AvgIpc) is 2.40. The summed E-state index contributed by atoms with van der Waals surface area (Å²) >= 11 is 0. The van der Waals surface area contributed by atoms with E-state index in [2.05, 4.69) is 0 Å². The standard InChI is InChI=1S/C15H16O5/c1-7-8(2)15(18)20-13-9(3)12(6-5-11(7)13)19-10(4)14(16)17/h5-6,10H,1-4H3,(H,16,17). The zero-order valence-corrected chi connectivity index (χ0v) is 11.8. The molecule has 0 spiro atoms. The SMILES string of the molecule is Cc1c(C)c2ccc(OC(C)C(=O)O)c(C)c2oc1=O. The number of fused-ring (bicyclic) bond motifs is 1. The van der Waals surface area contributed by atoms with Gasteiger partial charge in [-0.15, -0.1) is 0 Å². The Labute approximate surface area is 115 Å².